The topological polar surface area (TPSA) is 40.9 Å². The van der Waals surface area contributed by atoms with Crippen molar-refractivity contribution < 1.29 is 18.0 Å². The number of nitrogens with zero attached hydrogens (tertiary/aromatic N) is 4. The van der Waals surface area contributed by atoms with Crippen molar-refractivity contribution in [1.29, 1.82) is 0 Å². The lowest BCUT2D eigenvalue weighted by Crippen LogP contribution is -2.33. The fourth-order valence-corrected chi connectivity index (χ4v) is 4.75. The van der Waals surface area contributed by atoms with Gasteiger partial charge >= 0.3 is 6.18 Å². The minimum Gasteiger partial charge on any atom is -0.342 e. The standard InChI is InChI=1S/C28H27F3N4O/c1-20(36)34-15-5-14-33(16-17-34)19-25-27(22-6-3-2-4-7-22)32-26-13-10-23(18-35(25)26)21-8-11-24(12-9-21)28(29,30)31/h2-4,6-13,18H,5,14-17,19H2,1H3. The number of benzene rings is 2. The molecule has 1 fully saturated rings. The molecule has 0 atom stereocenters. The van der Waals surface area contributed by atoms with Gasteiger partial charge in [-0.15, -0.1) is 0 Å². The molecule has 5 rings (SSSR count). The van der Waals surface area contributed by atoms with Gasteiger partial charge in [0.15, 0.2) is 0 Å². The van der Waals surface area contributed by atoms with E-state index < -0.39 is 11.7 Å². The number of pyridine rings is 1. The van der Waals surface area contributed by atoms with Crippen LogP contribution in [0, 0.1) is 0 Å². The number of alkyl halides is 3. The van der Waals surface area contributed by atoms with Gasteiger partial charge in [0, 0.05) is 51.4 Å². The number of halogens is 3. The summed E-state index contributed by atoms with van der Waals surface area (Å²) in [5.41, 5.74) is 4.54. The summed E-state index contributed by atoms with van der Waals surface area (Å²) >= 11 is 0. The Morgan fingerprint density at radius 2 is 1.58 bits per heavy atom. The number of imidazole rings is 1. The molecular weight excluding hydrogens is 465 g/mol. The number of hydrogen-bond acceptors (Lipinski definition) is 3. The maximum absolute atomic E-state index is 13.0. The highest BCUT2D eigenvalue weighted by atomic mass is 19.4. The zero-order valence-corrected chi connectivity index (χ0v) is 20.0. The van der Waals surface area contributed by atoms with Gasteiger partial charge in [0.2, 0.25) is 5.91 Å². The Morgan fingerprint density at radius 1 is 0.861 bits per heavy atom. The van der Waals surface area contributed by atoms with E-state index in [9.17, 15) is 18.0 Å². The van der Waals surface area contributed by atoms with Crippen LogP contribution in [0.5, 0.6) is 0 Å². The van der Waals surface area contributed by atoms with Gasteiger partial charge in [-0.1, -0.05) is 42.5 Å². The molecule has 0 saturated carbocycles. The normalized spacial score (nSPS) is 15.3. The molecule has 8 heteroatoms. The molecule has 4 aromatic rings. The van der Waals surface area contributed by atoms with Crippen molar-refractivity contribution in [3.63, 3.8) is 0 Å². The van der Waals surface area contributed by atoms with Gasteiger partial charge in [0.1, 0.15) is 5.65 Å². The molecule has 3 heterocycles. The molecule has 2 aromatic heterocycles. The van der Waals surface area contributed by atoms with Crippen LogP contribution in [0.25, 0.3) is 28.0 Å². The second kappa shape index (κ2) is 9.78. The average molecular weight is 493 g/mol. The fourth-order valence-electron chi connectivity index (χ4n) is 4.75. The molecule has 1 aliphatic rings. The lowest BCUT2D eigenvalue weighted by atomic mass is 10.1. The Hall–Kier alpha value is -3.65. The third-order valence-corrected chi connectivity index (χ3v) is 6.72. The number of amides is 1. The predicted octanol–water partition coefficient (Wildman–Crippen LogP) is 5.74. The van der Waals surface area contributed by atoms with Crippen LogP contribution in [0.15, 0.2) is 72.9 Å². The second-order valence-corrected chi connectivity index (χ2v) is 9.13. The smallest absolute Gasteiger partial charge is 0.342 e. The third kappa shape index (κ3) is 4.99. The van der Waals surface area contributed by atoms with Crippen LogP contribution >= 0.6 is 0 Å². The molecule has 0 unspecified atom stereocenters. The maximum atomic E-state index is 13.0. The summed E-state index contributed by atoms with van der Waals surface area (Å²) in [4.78, 5) is 21.0. The Bertz CT molecular complexity index is 1360. The van der Waals surface area contributed by atoms with Crippen LogP contribution in [0.2, 0.25) is 0 Å². The molecule has 5 nitrogen and oxygen atoms in total. The zero-order valence-electron chi connectivity index (χ0n) is 20.0. The summed E-state index contributed by atoms with van der Waals surface area (Å²) in [6, 6.07) is 19.0. The summed E-state index contributed by atoms with van der Waals surface area (Å²) in [5, 5.41) is 0. The van der Waals surface area contributed by atoms with E-state index in [1.165, 1.54) is 12.1 Å². The van der Waals surface area contributed by atoms with E-state index in [0.29, 0.717) is 18.7 Å². The Kier molecular flexibility index (Phi) is 6.53. The number of aromatic nitrogens is 2. The van der Waals surface area contributed by atoms with Gasteiger partial charge in [-0.2, -0.15) is 13.2 Å². The number of carbonyl (C=O) groups is 1. The van der Waals surface area contributed by atoms with Gasteiger partial charge in [0.05, 0.1) is 17.0 Å². The molecule has 0 spiro atoms. The largest absolute Gasteiger partial charge is 0.416 e. The van der Waals surface area contributed by atoms with Gasteiger partial charge < -0.3 is 9.30 Å². The summed E-state index contributed by atoms with van der Waals surface area (Å²) < 4.78 is 41.1. The highest BCUT2D eigenvalue weighted by Crippen LogP contribution is 2.32. The van der Waals surface area contributed by atoms with Gasteiger partial charge in [0.25, 0.3) is 0 Å². The lowest BCUT2D eigenvalue weighted by molar-refractivity contribution is -0.137. The van der Waals surface area contributed by atoms with Crippen LogP contribution in [-0.4, -0.2) is 51.3 Å². The number of hydrogen-bond donors (Lipinski definition) is 0. The van der Waals surface area contributed by atoms with Gasteiger partial charge in [-0.25, -0.2) is 4.98 Å². The summed E-state index contributed by atoms with van der Waals surface area (Å²) in [6.07, 6.45) is -1.52. The number of carbonyl (C=O) groups excluding carboxylic acids is 1. The maximum Gasteiger partial charge on any atom is 0.416 e. The van der Waals surface area contributed by atoms with Crippen molar-refractivity contribution >= 4 is 11.6 Å². The first kappa shape index (κ1) is 24.1. The molecule has 1 aliphatic heterocycles. The van der Waals surface area contributed by atoms with Crippen molar-refractivity contribution in [3.05, 3.63) is 84.2 Å². The second-order valence-electron chi connectivity index (χ2n) is 9.13. The average Bonchev–Trinajstić information content (AvgIpc) is 3.05. The minimum atomic E-state index is -4.37. The third-order valence-electron chi connectivity index (χ3n) is 6.72. The van der Waals surface area contributed by atoms with E-state index >= 15 is 0 Å². The summed E-state index contributed by atoms with van der Waals surface area (Å²) in [5.74, 6) is 0.0952. The summed E-state index contributed by atoms with van der Waals surface area (Å²) in [7, 11) is 0. The Morgan fingerprint density at radius 3 is 2.28 bits per heavy atom. The van der Waals surface area contributed by atoms with E-state index in [0.717, 1.165) is 66.3 Å². The van der Waals surface area contributed by atoms with Crippen LogP contribution in [0.3, 0.4) is 0 Å². The van der Waals surface area contributed by atoms with Crippen LogP contribution in [-0.2, 0) is 17.5 Å². The van der Waals surface area contributed by atoms with E-state index in [1.807, 2.05) is 58.0 Å². The molecule has 1 amide bonds. The van der Waals surface area contributed by atoms with Crippen LogP contribution in [0.4, 0.5) is 13.2 Å². The highest BCUT2D eigenvalue weighted by Gasteiger charge is 2.30. The number of rotatable bonds is 4. The summed E-state index contributed by atoms with van der Waals surface area (Å²) in [6.45, 7) is 5.32. The Labute approximate surface area is 207 Å². The van der Waals surface area contributed by atoms with Crippen molar-refractivity contribution in [2.75, 3.05) is 26.2 Å². The molecule has 1 saturated heterocycles. The molecular formula is C28H27F3N4O. The molecule has 0 N–H and O–H groups in total. The van der Waals surface area contributed by atoms with Crippen LogP contribution in [0.1, 0.15) is 24.6 Å². The fraction of sp³-hybridized carbons (Fsp3) is 0.286. The van der Waals surface area contributed by atoms with Gasteiger partial charge in [-0.3, -0.25) is 9.69 Å². The van der Waals surface area contributed by atoms with Crippen LogP contribution < -0.4 is 0 Å². The van der Waals surface area contributed by atoms with Crippen molar-refractivity contribution in [2.24, 2.45) is 0 Å². The van der Waals surface area contributed by atoms with E-state index in [1.54, 1.807) is 6.92 Å². The monoisotopic (exact) mass is 492 g/mol. The Balaban J connectivity index is 1.53. The number of fused-ring (bicyclic) bond motifs is 1. The molecule has 0 aliphatic carbocycles. The quantitative estimate of drug-likeness (QED) is 0.365. The van der Waals surface area contributed by atoms with Crippen molar-refractivity contribution in [2.45, 2.75) is 26.1 Å². The van der Waals surface area contributed by atoms with E-state index in [4.69, 9.17) is 4.98 Å². The van der Waals surface area contributed by atoms with E-state index in [2.05, 4.69) is 4.90 Å². The van der Waals surface area contributed by atoms with Crippen molar-refractivity contribution in [3.8, 4) is 22.4 Å². The molecule has 2 aromatic carbocycles. The minimum absolute atomic E-state index is 0.0952. The molecule has 186 valence electrons. The van der Waals surface area contributed by atoms with Gasteiger partial charge in [-0.05, 0) is 41.8 Å². The SMILES string of the molecule is CC(=O)N1CCCN(Cc2c(-c3ccccc3)nc3ccc(-c4ccc(C(F)(F)F)cc4)cn23)CC1. The van der Waals surface area contributed by atoms with Crippen molar-refractivity contribution in [1.82, 2.24) is 19.2 Å². The molecule has 36 heavy (non-hydrogen) atoms. The first-order valence-corrected chi connectivity index (χ1v) is 12.0. The predicted molar refractivity (Wildman–Crippen MR) is 133 cm³/mol. The lowest BCUT2D eigenvalue weighted by Gasteiger charge is -2.21. The molecule has 0 bridgehead atoms. The first-order chi connectivity index (χ1) is 17.3. The molecule has 0 radical (unpaired) electrons. The first-order valence-electron chi connectivity index (χ1n) is 12.0. The van der Waals surface area contributed by atoms with E-state index in [-0.39, 0.29) is 5.91 Å². The zero-order chi connectivity index (χ0) is 25.3. The highest BCUT2D eigenvalue weighted by molar-refractivity contribution is 5.73.